The fraction of sp³-hybridized carbons (Fsp3) is 0.296. The van der Waals surface area contributed by atoms with Gasteiger partial charge in [0.15, 0.2) is 4.80 Å². The average Bonchev–Trinajstić information content (AvgIpc) is 3.19. The normalized spacial score (nSPS) is 15.3. The Hall–Kier alpha value is -3.37. The maximum atomic E-state index is 13.9. The molecule has 1 atom stereocenters. The molecule has 1 aliphatic heterocycles. The maximum Gasteiger partial charge on any atom is 0.338 e. The van der Waals surface area contributed by atoms with Crippen LogP contribution in [-0.4, -0.2) is 36.5 Å². The molecule has 194 valence electrons. The van der Waals surface area contributed by atoms with Crippen LogP contribution < -0.4 is 24.4 Å². The van der Waals surface area contributed by atoms with Crippen LogP contribution in [0.5, 0.6) is 17.2 Å². The zero-order chi connectivity index (χ0) is 26.7. The molecule has 0 aliphatic carbocycles. The number of rotatable bonds is 8. The van der Waals surface area contributed by atoms with Gasteiger partial charge in [-0.25, -0.2) is 9.79 Å². The number of aromatic nitrogens is 1. The number of hydrogen-bond acceptors (Lipinski definition) is 8. The van der Waals surface area contributed by atoms with Crippen molar-refractivity contribution < 1.29 is 24.1 Å². The number of nitrogens with zero attached hydrogens (tertiary/aromatic N) is 2. The number of aromatic hydroxyl groups is 1. The van der Waals surface area contributed by atoms with Gasteiger partial charge in [-0.15, -0.1) is 0 Å². The van der Waals surface area contributed by atoms with Crippen LogP contribution in [0.1, 0.15) is 43.9 Å². The summed E-state index contributed by atoms with van der Waals surface area (Å²) in [5, 5.41) is 10.4. The molecule has 0 radical (unpaired) electrons. The van der Waals surface area contributed by atoms with E-state index in [1.54, 1.807) is 56.5 Å². The molecule has 0 amide bonds. The van der Waals surface area contributed by atoms with Gasteiger partial charge in [0.1, 0.15) is 23.3 Å². The first kappa shape index (κ1) is 26.7. The molecular weight excluding hydrogens is 560 g/mol. The monoisotopic (exact) mass is 586 g/mol. The molecule has 0 spiro atoms. The number of methoxy groups -OCH3 is 2. The third-order valence-corrected chi connectivity index (χ3v) is 7.38. The summed E-state index contributed by atoms with van der Waals surface area (Å²) < 4.78 is 19.2. The van der Waals surface area contributed by atoms with E-state index in [1.807, 2.05) is 6.92 Å². The minimum atomic E-state index is -0.847. The molecule has 0 saturated carbocycles. The molecule has 8 nitrogen and oxygen atoms in total. The van der Waals surface area contributed by atoms with Gasteiger partial charge in [0, 0.05) is 15.6 Å². The number of ether oxygens (including phenoxy) is 3. The van der Waals surface area contributed by atoms with Crippen molar-refractivity contribution in [1.29, 1.82) is 0 Å². The quantitative estimate of drug-likeness (QED) is 0.399. The second-order valence-corrected chi connectivity index (χ2v) is 10.1. The molecule has 1 aromatic heterocycles. The van der Waals surface area contributed by atoms with E-state index in [2.05, 4.69) is 15.9 Å². The molecule has 3 aromatic rings. The first-order valence-electron chi connectivity index (χ1n) is 11.7. The number of esters is 1. The third-order valence-electron chi connectivity index (χ3n) is 5.90. The molecule has 0 unspecified atom stereocenters. The van der Waals surface area contributed by atoms with Gasteiger partial charge in [0.25, 0.3) is 5.56 Å². The number of fused-ring (bicyclic) bond motifs is 1. The van der Waals surface area contributed by atoms with Crippen LogP contribution in [-0.2, 0) is 9.53 Å². The van der Waals surface area contributed by atoms with E-state index >= 15 is 0 Å². The van der Waals surface area contributed by atoms with Gasteiger partial charge in [-0.05, 0) is 55.8 Å². The Morgan fingerprint density at radius 1 is 1.19 bits per heavy atom. The molecule has 1 aliphatic rings. The highest BCUT2D eigenvalue weighted by atomic mass is 79.9. The summed E-state index contributed by atoms with van der Waals surface area (Å²) in [5.41, 5.74) is 1.56. The van der Waals surface area contributed by atoms with Crippen molar-refractivity contribution in [3.8, 4) is 17.2 Å². The Balaban J connectivity index is 2.07. The van der Waals surface area contributed by atoms with Crippen molar-refractivity contribution in [3.05, 3.63) is 83.0 Å². The predicted molar refractivity (Wildman–Crippen MR) is 145 cm³/mol. The molecule has 2 aromatic carbocycles. The van der Waals surface area contributed by atoms with Crippen molar-refractivity contribution in [2.45, 2.75) is 32.7 Å². The van der Waals surface area contributed by atoms with Crippen molar-refractivity contribution >= 4 is 39.3 Å². The number of carbonyl (C=O) groups is 1. The van der Waals surface area contributed by atoms with Crippen LogP contribution in [0, 0.1) is 0 Å². The summed E-state index contributed by atoms with van der Waals surface area (Å²) in [6, 6.07) is 9.40. The number of halogens is 1. The Kier molecular flexibility index (Phi) is 8.19. The zero-order valence-electron chi connectivity index (χ0n) is 20.9. The van der Waals surface area contributed by atoms with Crippen molar-refractivity contribution in [1.82, 2.24) is 4.57 Å². The van der Waals surface area contributed by atoms with Crippen LogP contribution >= 0.6 is 27.3 Å². The lowest BCUT2D eigenvalue weighted by Crippen LogP contribution is -2.40. The number of thiazole rings is 1. The smallest absolute Gasteiger partial charge is 0.338 e. The van der Waals surface area contributed by atoms with Gasteiger partial charge in [0.05, 0.1) is 36.6 Å². The summed E-state index contributed by atoms with van der Waals surface area (Å²) in [4.78, 5) is 32.4. The van der Waals surface area contributed by atoms with E-state index in [0.29, 0.717) is 49.7 Å². The van der Waals surface area contributed by atoms with Crippen LogP contribution in [0.4, 0.5) is 0 Å². The Morgan fingerprint density at radius 2 is 1.97 bits per heavy atom. The Labute approximate surface area is 226 Å². The predicted octanol–water partition coefficient (Wildman–Crippen LogP) is 4.06. The van der Waals surface area contributed by atoms with E-state index in [0.717, 1.165) is 10.9 Å². The number of carbonyl (C=O) groups excluding carboxylic acids is 1. The maximum absolute atomic E-state index is 13.9. The number of phenols is 1. The summed E-state index contributed by atoms with van der Waals surface area (Å²) in [7, 11) is 3.08. The molecule has 0 saturated heterocycles. The SMILES string of the molecule is CCCC1=C(C(=O)OCC)[C@@H](c2cc(OC)ccc2OC)n2c(s/c(=C\c3cc(Br)ccc3O)c2=O)=N1. The molecule has 2 heterocycles. The molecule has 1 N–H and O–H groups in total. The topological polar surface area (TPSA) is 99.4 Å². The molecule has 4 rings (SSSR count). The Morgan fingerprint density at radius 3 is 2.65 bits per heavy atom. The summed E-state index contributed by atoms with van der Waals surface area (Å²) in [5.74, 6) is 0.543. The highest BCUT2D eigenvalue weighted by Crippen LogP contribution is 2.38. The fourth-order valence-electron chi connectivity index (χ4n) is 4.25. The molecule has 37 heavy (non-hydrogen) atoms. The van der Waals surface area contributed by atoms with Crippen molar-refractivity contribution in [3.63, 3.8) is 0 Å². The van der Waals surface area contributed by atoms with E-state index in [1.165, 1.54) is 23.0 Å². The number of phenolic OH excluding ortho intramolecular Hbond substituents is 1. The standard InChI is InChI=1S/C27H27BrN2O6S/c1-5-7-19-23(26(33)36-6-2)24(18-14-17(34-3)9-11-21(18)35-4)30-25(32)22(37-27(30)29-19)13-15-12-16(28)8-10-20(15)31/h8-14,24,31H,5-7H2,1-4H3/b22-13-/t24-/m1/s1. The summed E-state index contributed by atoms with van der Waals surface area (Å²) >= 11 is 4.60. The Bertz CT molecular complexity index is 1560. The second kappa shape index (κ2) is 11.4. The fourth-order valence-corrected chi connectivity index (χ4v) is 5.64. The van der Waals surface area contributed by atoms with E-state index in [4.69, 9.17) is 19.2 Å². The lowest BCUT2D eigenvalue weighted by atomic mass is 9.93. The van der Waals surface area contributed by atoms with E-state index in [9.17, 15) is 14.7 Å². The van der Waals surface area contributed by atoms with Gasteiger partial charge in [-0.3, -0.25) is 9.36 Å². The van der Waals surface area contributed by atoms with Gasteiger partial charge >= 0.3 is 5.97 Å². The minimum Gasteiger partial charge on any atom is -0.507 e. The molecule has 0 bridgehead atoms. The van der Waals surface area contributed by atoms with Crippen LogP contribution in [0.2, 0.25) is 0 Å². The van der Waals surface area contributed by atoms with E-state index < -0.39 is 12.0 Å². The number of allylic oxidation sites excluding steroid dienone is 1. The number of benzene rings is 2. The minimum absolute atomic E-state index is 0.0407. The molecular formula is C27H27BrN2O6S. The van der Waals surface area contributed by atoms with Crippen molar-refractivity contribution in [2.75, 3.05) is 20.8 Å². The average molecular weight is 587 g/mol. The lowest BCUT2D eigenvalue weighted by Gasteiger charge is -2.27. The summed E-state index contributed by atoms with van der Waals surface area (Å²) in [6.07, 6.45) is 2.88. The van der Waals surface area contributed by atoms with Gasteiger partial charge < -0.3 is 19.3 Å². The van der Waals surface area contributed by atoms with E-state index in [-0.39, 0.29) is 17.9 Å². The molecule has 0 fully saturated rings. The van der Waals surface area contributed by atoms with Crippen LogP contribution in [0.3, 0.4) is 0 Å². The van der Waals surface area contributed by atoms with Crippen LogP contribution in [0.15, 0.2) is 61.9 Å². The van der Waals surface area contributed by atoms with Gasteiger partial charge in [-0.2, -0.15) is 0 Å². The lowest BCUT2D eigenvalue weighted by molar-refractivity contribution is -0.139. The first-order chi connectivity index (χ1) is 17.8. The highest BCUT2D eigenvalue weighted by molar-refractivity contribution is 9.10. The number of hydrogen-bond donors (Lipinski definition) is 1. The largest absolute Gasteiger partial charge is 0.507 e. The van der Waals surface area contributed by atoms with Crippen molar-refractivity contribution in [2.24, 2.45) is 4.99 Å². The summed E-state index contributed by atoms with van der Waals surface area (Å²) in [6.45, 7) is 3.91. The zero-order valence-corrected chi connectivity index (χ0v) is 23.3. The third kappa shape index (κ3) is 5.21. The van der Waals surface area contributed by atoms with Gasteiger partial charge in [-0.1, -0.05) is 40.6 Å². The molecule has 10 heteroatoms. The van der Waals surface area contributed by atoms with Crippen LogP contribution in [0.25, 0.3) is 6.08 Å². The highest BCUT2D eigenvalue weighted by Gasteiger charge is 2.36. The first-order valence-corrected chi connectivity index (χ1v) is 13.4. The second-order valence-electron chi connectivity index (χ2n) is 8.22. The van der Waals surface area contributed by atoms with Gasteiger partial charge in [0.2, 0.25) is 0 Å².